The molecule has 2 N–H and O–H groups in total. The van der Waals surface area contributed by atoms with E-state index in [1.54, 1.807) is 17.3 Å². The van der Waals surface area contributed by atoms with E-state index in [1.807, 2.05) is 12.1 Å². The molecule has 1 aliphatic carbocycles. The summed E-state index contributed by atoms with van der Waals surface area (Å²) in [5.41, 5.74) is 1.18. The third-order valence-corrected chi connectivity index (χ3v) is 5.42. The first kappa shape index (κ1) is 14.9. The molecule has 7 heteroatoms. The Bertz CT molecular complexity index is 788. The van der Waals surface area contributed by atoms with Crippen molar-refractivity contribution >= 4 is 11.9 Å². The summed E-state index contributed by atoms with van der Waals surface area (Å²) >= 11 is 0. The van der Waals surface area contributed by atoms with E-state index in [0.717, 1.165) is 18.4 Å². The quantitative estimate of drug-likeness (QED) is 0.896. The van der Waals surface area contributed by atoms with E-state index >= 15 is 0 Å². The van der Waals surface area contributed by atoms with Crippen molar-refractivity contribution in [2.75, 3.05) is 13.1 Å². The van der Waals surface area contributed by atoms with Gasteiger partial charge in [-0.05, 0) is 30.9 Å². The van der Waals surface area contributed by atoms with Gasteiger partial charge in [0, 0.05) is 31.0 Å². The number of aliphatic carboxylic acids is 1. The molecule has 2 aliphatic rings. The normalized spacial score (nSPS) is 25.7. The van der Waals surface area contributed by atoms with Gasteiger partial charge in [0.2, 0.25) is 0 Å². The zero-order chi connectivity index (χ0) is 16.7. The molecule has 0 spiro atoms. The van der Waals surface area contributed by atoms with Crippen LogP contribution >= 0.6 is 0 Å². The van der Waals surface area contributed by atoms with Crippen LogP contribution in [0.25, 0.3) is 11.3 Å². The van der Waals surface area contributed by atoms with Gasteiger partial charge < -0.3 is 10.0 Å². The van der Waals surface area contributed by atoms with Crippen LogP contribution < -0.4 is 0 Å². The maximum absolute atomic E-state index is 13.0. The molecule has 2 aromatic heterocycles. The smallest absolute Gasteiger partial charge is 0.311 e. The molecule has 0 aromatic carbocycles. The number of fused-ring (bicyclic) bond motifs is 1. The van der Waals surface area contributed by atoms with Gasteiger partial charge in [0.1, 0.15) is 0 Å². The Balaban J connectivity index is 1.63. The van der Waals surface area contributed by atoms with Gasteiger partial charge in [-0.3, -0.25) is 19.7 Å². The van der Waals surface area contributed by atoms with E-state index in [4.69, 9.17) is 0 Å². The molecule has 2 fully saturated rings. The van der Waals surface area contributed by atoms with Crippen LogP contribution in [0.2, 0.25) is 0 Å². The van der Waals surface area contributed by atoms with Crippen LogP contribution in [0, 0.1) is 11.3 Å². The summed E-state index contributed by atoms with van der Waals surface area (Å²) < 4.78 is 0. The SMILES string of the molecule is O=C(c1cn[nH]c1-c1ccncc1)N1C[C@@H]2CCC[C@@]2(C(=O)O)C1. The Labute approximate surface area is 138 Å². The van der Waals surface area contributed by atoms with Gasteiger partial charge in [0.25, 0.3) is 5.91 Å². The highest BCUT2D eigenvalue weighted by molar-refractivity contribution is 6.00. The molecule has 0 bridgehead atoms. The van der Waals surface area contributed by atoms with Crippen molar-refractivity contribution in [3.63, 3.8) is 0 Å². The molecule has 3 heterocycles. The van der Waals surface area contributed by atoms with Crippen molar-refractivity contribution in [3.8, 4) is 11.3 Å². The molecule has 1 saturated carbocycles. The molecule has 124 valence electrons. The third kappa shape index (κ3) is 2.11. The molecule has 1 amide bonds. The predicted octanol–water partition coefficient (Wildman–Crippen LogP) is 1.80. The monoisotopic (exact) mass is 326 g/mol. The molecule has 0 unspecified atom stereocenters. The molecule has 1 saturated heterocycles. The predicted molar refractivity (Wildman–Crippen MR) is 85.1 cm³/mol. The van der Waals surface area contributed by atoms with Gasteiger partial charge >= 0.3 is 5.97 Å². The van der Waals surface area contributed by atoms with Crippen molar-refractivity contribution in [3.05, 3.63) is 36.3 Å². The zero-order valence-corrected chi connectivity index (χ0v) is 13.1. The Kier molecular flexibility index (Phi) is 3.37. The maximum atomic E-state index is 13.0. The number of nitrogens with one attached hydrogen (secondary N) is 1. The van der Waals surface area contributed by atoms with E-state index in [1.165, 1.54) is 6.20 Å². The van der Waals surface area contributed by atoms with E-state index < -0.39 is 11.4 Å². The summed E-state index contributed by atoms with van der Waals surface area (Å²) in [6.07, 6.45) is 7.28. The average molecular weight is 326 g/mol. The number of hydrogen-bond acceptors (Lipinski definition) is 4. The fourth-order valence-corrected chi connectivity index (χ4v) is 4.15. The number of carboxylic acids is 1. The summed E-state index contributed by atoms with van der Waals surface area (Å²) in [6, 6.07) is 3.61. The minimum atomic E-state index is -0.776. The van der Waals surface area contributed by atoms with Crippen molar-refractivity contribution in [2.24, 2.45) is 11.3 Å². The van der Waals surface area contributed by atoms with E-state index in [-0.39, 0.29) is 18.4 Å². The van der Waals surface area contributed by atoms with Crippen LogP contribution in [-0.4, -0.2) is 50.2 Å². The third-order valence-electron chi connectivity index (χ3n) is 5.42. The number of hydrogen-bond donors (Lipinski definition) is 2. The van der Waals surface area contributed by atoms with Crippen molar-refractivity contribution in [1.82, 2.24) is 20.1 Å². The molecular weight excluding hydrogens is 308 g/mol. The van der Waals surface area contributed by atoms with Gasteiger partial charge in [-0.2, -0.15) is 5.10 Å². The number of aromatic amines is 1. The highest BCUT2D eigenvalue weighted by atomic mass is 16.4. The summed E-state index contributed by atoms with van der Waals surface area (Å²) in [6.45, 7) is 0.791. The number of carbonyl (C=O) groups excluding carboxylic acids is 1. The topological polar surface area (TPSA) is 99.2 Å². The highest BCUT2D eigenvalue weighted by Gasteiger charge is 2.56. The van der Waals surface area contributed by atoms with Crippen molar-refractivity contribution in [1.29, 1.82) is 0 Å². The maximum Gasteiger partial charge on any atom is 0.311 e. The lowest BCUT2D eigenvalue weighted by Crippen LogP contribution is -2.37. The van der Waals surface area contributed by atoms with E-state index in [2.05, 4.69) is 15.2 Å². The Morgan fingerprint density at radius 1 is 1.33 bits per heavy atom. The number of H-pyrrole nitrogens is 1. The number of carboxylic acid groups (broad SMARTS) is 1. The van der Waals surface area contributed by atoms with Gasteiger partial charge in [-0.15, -0.1) is 0 Å². The minimum absolute atomic E-state index is 0.0511. The Morgan fingerprint density at radius 3 is 2.83 bits per heavy atom. The number of likely N-dealkylation sites (tertiary alicyclic amines) is 1. The van der Waals surface area contributed by atoms with Crippen molar-refractivity contribution in [2.45, 2.75) is 19.3 Å². The molecular formula is C17H18N4O3. The van der Waals surface area contributed by atoms with Crippen LogP contribution in [0.15, 0.2) is 30.7 Å². The van der Waals surface area contributed by atoms with Gasteiger partial charge in [0.15, 0.2) is 0 Å². The Hall–Kier alpha value is -2.70. The molecule has 1 aliphatic heterocycles. The van der Waals surface area contributed by atoms with E-state index in [9.17, 15) is 14.7 Å². The second-order valence-corrected chi connectivity index (χ2v) is 6.63. The van der Waals surface area contributed by atoms with Crippen LogP contribution in [0.1, 0.15) is 29.6 Å². The van der Waals surface area contributed by atoms with Gasteiger partial charge in [-0.1, -0.05) is 6.42 Å². The number of pyridine rings is 1. The lowest BCUT2D eigenvalue weighted by Gasteiger charge is -2.23. The van der Waals surface area contributed by atoms with Gasteiger partial charge in [0.05, 0.1) is 22.9 Å². The first-order valence-corrected chi connectivity index (χ1v) is 8.08. The van der Waals surface area contributed by atoms with E-state index in [0.29, 0.717) is 24.2 Å². The number of nitrogens with zero attached hydrogens (tertiary/aromatic N) is 3. The standard InChI is InChI=1S/C17H18N4O3/c22-15(13-8-19-20-14(13)11-3-6-18-7-4-11)21-9-12-2-1-5-17(12,10-21)16(23)24/h3-4,6-8,12H,1-2,5,9-10H2,(H,19,20)(H,23,24)/t12-,17+/m0/s1. The number of aromatic nitrogens is 3. The summed E-state index contributed by atoms with van der Waals surface area (Å²) in [5.74, 6) is -0.886. The second kappa shape index (κ2) is 5.43. The van der Waals surface area contributed by atoms with Crippen molar-refractivity contribution < 1.29 is 14.7 Å². The molecule has 4 rings (SSSR count). The number of amides is 1. The van der Waals surface area contributed by atoms with Crippen LogP contribution in [-0.2, 0) is 4.79 Å². The largest absolute Gasteiger partial charge is 0.481 e. The Morgan fingerprint density at radius 2 is 2.12 bits per heavy atom. The van der Waals surface area contributed by atoms with Crippen LogP contribution in [0.4, 0.5) is 0 Å². The van der Waals surface area contributed by atoms with Gasteiger partial charge in [-0.25, -0.2) is 0 Å². The first-order valence-electron chi connectivity index (χ1n) is 8.08. The van der Waals surface area contributed by atoms with Crippen LogP contribution in [0.5, 0.6) is 0 Å². The lowest BCUT2D eigenvalue weighted by molar-refractivity contribution is -0.149. The molecule has 24 heavy (non-hydrogen) atoms. The molecule has 0 radical (unpaired) electrons. The average Bonchev–Trinajstić information content (AvgIpc) is 3.28. The minimum Gasteiger partial charge on any atom is -0.481 e. The lowest BCUT2D eigenvalue weighted by atomic mass is 9.81. The zero-order valence-electron chi connectivity index (χ0n) is 13.1. The summed E-state index contributed by atoms with van der Waals surface area (Å²) in [4.78, 5) is 30.4. The fourth-order valence-electron chi connectivity index (χ4n) is 4.15. The van der Waals surface area contributed by atoms with Crippen LogP contribution in [0.3, 0.4) is 0 Å². The second-order valence-electron chi connectivity index (χ2n) is 6.63. The number of rotatable bonds is 3. The molecule has 2 aromatic rings. The first-order chi connectivity index (χ1) is 11.6. The molecule has 2 atom stereocenters. The highest BCUT2D eigenvalue weighted by Crippen LogP contribution is 2.49. The molecule has 7 nitrogen and oxygen atoms in total. The number of carbonyl (C=O) groups is 2. The fraction of sp³-hybridized carbons (Fsp3) is 0.412. The summed E-state index contributed by atoms with van der Waals surface area (Å²) in [7, 11) is 0. The summed E-state index contributed by atoms with van der Waals surface area (Å²) in [5, 5.41) is 16.5.